The Morgan fingerprint density at radius 2 is 1.77 bits per heavy atom. The average Bonchev–Trinajstić information content (AvgIpc) is 2.77. The standard InChI is InChI=1S/C13H11Cl2NO4S2/c14-8-6-10-11(20-5-1-4-19-10)7-9(8)16-22(17,18)13-3-2-12(15)21-13/h2-3,6-7,16H,1,4-5H2. The van der Waals surface area contributed by atoms with Crippen molar-refractivity contribution in [2.24, 2.45) is 0 Å². The fraction of sp³-hybridized carbons (Fsp3) is 0.231. The van der Waals surface area contributed by atoms with Crippen molar-refractivity contribution in [2.45, 2.75) is 10.6 Å². The van der Waals surface area contributed by atoms with Crippen LogP contribution < -0.4 is 14.2 Å². The fourth-order valence-corrected chi connectivity index (χ4v) is 4.71. The minimum atomic E-state index is -3.75. The molecule has 1 aliphatic rings. The maximum absolute atomic E-state index is 12.3. The zero-order valence-electron chi connectivity index (χ0n) is 11.1. The first-order chi connectivity index (χ1) is 10.5. The van der Waals surface area contributed by atoms with Crippen molar-refractivity contribution >= 4 is 50.2 Å². The molecule has 1 aromatic carbocycles. The van der Waals surface area contributed by atoms with Crippen LogP contribution >= 0.6 is 34.5 Å². The smallest absolute Gasteiger partial charge is 0.271 e. The first-order valence-corrected chi connectivity index (χ1v) is 9.38. The van der Waals surface area contributed by atoms with Crippen molar-refractivity contribution in [2.75, 3.05) is 17.9 Å². The van der Waals surface area contributed by atoms with Crippen molar-refractivity contribution in [1.29, 1.82) is 0 Å². The van der Waals surface area contributed by atoms with Gasteiger partial charge in [0.1, 0.15) is 4.21 Å². The van der Waals surface area contributed by atoms with Gasteiger partial charge in [0.05, 0.1) is 28.3 Å². The van der Waals surface area contributed by atoms with Gasteiger partial charge < -0.3 is 9.47 Å². The van der Waals surface area contributed by atoms with Gasteiger partial charge in [0.15, 0.2) is 11.5 Å². The summed E-state index contributed by atoms with van der Waals surface area (Å²) in [4.78, 5) is 0. The molecule has 2 heterocycles. The van der Waals surface area contributed by atoms with Crippen LogP contribution in [0.3, 0.4) is 0 Å². The Kier molecular flexibility index (Phi) is 4.40. The summed E-state index contributed by atoms with van der Waals surface area (Å²) in [5.74, 6) is 0.966. The second-order valence-electron chi connectivity index (χ2n) is 4.49. The largest absolute Gasteiger partial charge is 0.490 e. The summed E-state index contributed by atoms with van der Waals surface area (Å²) in [6.45, 7) is 1.03. The Hall–Kier alpha value is -1.15. The quantitative estimate of drug-likeness (QED) is 0.874. The van der Waals surface area contributed by atoms with Gasteiger partial charge in [-0.25, -0.2) is 8.42 Å². The Balaban J connectivity index is 1.94. The predicted octanol–water partition coefficient (Wildman–Crippen LogP) is 4.02. The van der Waals surface area contributed by atoms with E-state index >= 15 is 0 Å². The molecule has 5 nitrogen and oxygen atoms in total. The highest BCUT2D eigenvalue weighted by Crippen LogP contribution is 2.39. The number of halogens is 2. The van der Waals surface area contributed by atoms with E-state index in [2.05, 4.69) is 4.72 Å². The van der Waals surface area contributed by atoms with Crippen LogP contribution in [0.4, 0.5) is 5.69 Å². The molecule has 9 heteroatoms. The van der Waals surface area contributed by atoms with Crippen LogP contribution in [0.15, 0.2) is 28.5 Å². The number of hydrogen-bond acceptors (Lipinski definition) is 5. The first-order valence-electron chi connectivity index (χ1n) is 6.33. The number of rotatable bonds is 3. The summed E-state index contributed by atoms with van der Waals surface area (Å²) in [5.41, 5.74) is 0.232. The number of sulfonamides is 1. The lowest BCUT2D eigenvalue weighted by atomic mass is 10.3. The van der Waals surface area contributed by atoms with Gasteiger partial charge in [0, 0.05) is 18.6 Å². The summed E-state index contributed by atoms with van der Waals surface area (Å²) in [6.07, 6.45) is 0.751. The minimum absolute atomic E-state index is 0.112. The van der Waals surface area contributed by atoms with E-state index in [1.807, 2.05) is 0 Å². The molecule has 0 saturated carbocycles. The molecule has 1 aliphatic heterocycles. The molecule has 0 atom stereocenters. The number of fused-ring (bicyclic) bond motifs is 1. The Morgan fingerprint density at radius 1 is 1.09 bits per heavy atom. The van der Waals surface area contributed by atoms with Crippen molar-refractivity contribution in [3.63, 3.8) is 0 Å². The van der Waals surface area contributed by atoms with Gasteiger partial charge in [-0.2, -0.15) is 0 Å². The molecule has 1 N–H and O–H groups in total. The normalized spacial score (nSPS) is 14.5. The average molecular weight is 380 g/mol. The molecule has 1 aromatic heterocycles. The van der Waals surface area contributed by atoms with E-state index in [9.17, 15) is 8.42 Å². The maximum Gasteiger partial charge on any atom is 0.271 e. The summed E-state index contributed by atoms with van der Waals surface area (Å²) < 4.78 is 38.6. The van der Waals surface area contributed by atoms with E-state index in [1.54, 1.807) is 6.07 Å². The van der Waals surface area contributed by atoms with E-state index in [1.165, 1.54) is 18.2 Å². The molecular weight excluding hydrogens is 369 g/mol. The van der Waals surface area contributed by atoms with E-state index in [-0.39, 0.29) is 14.9 Å². The highest BCUT2D eigenvalue weighted by atomic mass is 35.5. The number of ether oxygens (including phenoxy) is 2. The molecule has 22 heavy (non-hydrogen) atoms. The van der Waals surface area contributed by atoms with Crippen LogP contribution in [0.25, 0.3) is 0 Å². The molecule has 0 amide bonds. The molecule has 2 aromatic rings. The third-order valence-corrected chi connectivity index (χ3v) is 6.30. The first kappa shape index (κ1) is 15.7. The van der Waals surface area contributed by atoms with E-state index in [0.717, 1.165) is 17.8 Å². The monoisotopic (exact) mass is 379 g/mol. The second kappa shape index (κ2) is 6.16. The van der Waals surface area contributed by atoms with Gasteiger partial charge in [-0.1, -0.05) is 23.2 Å². The van der Waals surface area contributed by atoms with E-state index in [4.69, 9.17) is 32.7 Å². The van der Waals surface area contributed by atoms with Crippen molar-refractivity contribution in [3.05, 3.63) is 33.6 Å². The third-order valence-electron chi connectivity index (χ3n) is 2.89. The van der Waals surface area contributed by atoms with Gasteiger partial charge >= 0.3 is 0 Å². The lowest BCUT2D eigenvalue weighted by molar-refractivity contribution is 0.297. The molecule has 0 radical (unpaired) electrons. The number of benzene rings is 1. The van der Waals surface area contributed by atoms with Crippen LogP contribution in [0.1, 0.15) is 6.42 Å². The zero-order chi connectivity index (χ0) is 15.7. The van der Waals surface area contributed by atoms with Gasteiger partial charge in [0.25, 0.3) is 10.0 Å². The number of nitrogens with one attached hydrogen (secondary N) is 1. The summed E-state index contributed by atoms with van der Waals surface area (Å²) >= 11 is 12.9. The number of thiophene rings is 1. The van der Waals surface area contributed by atoms with Crippen LogP contribution in [0.5, 0.6) is 11.5 Å². The highest BCUT2D eigenvalue weighted by molar-refractivity contribution is 7.94. The van der Waals surface area contributed by atoms with E-state index in [0.29, 0.717) is 29.0 Å². The Labute approximate surface area is 141 Å². The lowest BCUT2D eigenvalue weighted by Crippen LogP contribution is -2.12. The Morgan fingerprint density at radius 3 is 2.41 bits per heavy atom. The molecule has 0 spiro atoms. The van der Waals surface area contributed by atoms with E-state index < -0.39 is 10.0 Å². The summed E-state index contributed by atoms with van der Waals surface area (Å²) in [7, 11) is -3.75. The summed E-state index contributed by atoms with van der Waals surface area (Å²) in [5, 5.41) is 0.232. The Bertz CT molecular complexity index is 804. The van der Waals surface area contributed by atoms with Crippen molar-refractivity contribution < 1.29 is 17.9 Å². The van der Waals surface area contributed by atoms with Crippen molar-refractivity contribution in [3.8, 4) is 11.5 Å². The number of anilines is 1. The maximum atomic E-state index is 12.3. The lowest BCUT2D eigenvalue weighted by Gasteiger charge is -2.12. The highest BCUT2D eigenvalue weighted by Gasteiger charge is 2.21. The second-order valence-corrected chi connectivity index (χ2v) is 8.52. The SMILES string of the molecule is O=S(=O)(Nc1cc2c(cc1Cl)OCCCO2)c1ccc(Cl)s1. The van der Waals surface area contributed by atoms with Crippen LogP contribution in [0, 0.1) is 0 Å². The molecule has 0 bridgehead atoms. The fourth-order valence-electron chi connectivity index (χ4n) is 1.90. The van der Waals surface area contributed by atoms with Crippen LogP contribution in [-0.4, -0.2) is 21.6 Å². The molecule has 0 saturated heterocycles. The topological polar surface area (TPSA) is 64.6 Å². The van der Waals surface area contributed by atoms with Gasteiger partial charge in [0.2, 0.25) is 0 Å². The predicted molar refractivity (Wildman–Crippen MR) is 87.2 cm³/mol. The molecule has 0 fully saturated rings. The third kappa shape index (κ3) is 3.27. The minimum Gasteiger partial charge on any atom is -0.490 e. The zero-order valence-corrected chi connectivity index (χ0v) is 14.3. The molecule has 0 unspecified atom stereocenters. The van der Waals surface area contributed by atoms with Crippen LogP contribution in [-0.2, 0) is 10.0 Å². The molecular formula is C13H11Cl2NO4S2. The molecule has 118 valence electrons. The summed E-state index contributed by atoms with van der Waals surface area (Å²) in [6, 6.07) is 6.03. The van der Waals surface area contributed by atoms with Gasteiger partial charge in [-0.3, -0.25) is 4.72 Å². The van der Waals surface area contributed by atoms with Gasteiger partial charge in [-0.15, -0.1) is 11.3 Å². The van der Waals surface area contributed by atoms with Crippen LogP contribution in [0.2, 0.25) is 9.36 Å². The van der Waals surface area contributed by atoms with Gasteiger partial charge in [-0.05, 0) is 12.1 Å². The molecule has 3 rings (SSSR count). The van der Waals surface area contributed by atoms with Crippen molar-refractivity contribution in [1.82, 2.24) is 0 Å². The molecule has 0 aliphatic carbocycles. The number of hydrogen-bond donors (Lipinski definition) is 1.